The second-order valence-electron chi connectivity index (χ2n) is 7.20. The van der Waals surface area contributed by atoms with E-state index in [1.54, 1.807) is 12.2 Å². The number of benzene rings is 2. The molecule has 5 rings (SSSR count). The SMILES string of the molecule is O[C@@H]1C=C[C@@H](O)[C@H]2[C@@H]1[C@H](O)CCC21Oc2cccc3cccc(c23)O1. The van der Waals surface area contributed by atoms with Crippen LogP contribution in [0.1, 0.15) is 12.8 Å². The molecule has 3 aliphatic rings. The molecule has 0 unspecified atom stereocenters. The average Bonchev–Trinajstić information content (AvgIpc) is 2.61. The van der Waals surface area contributed by atoms with E-state index in [0.717, 1.165) is 10.8 Å². The van der Waals surface area contributed by atoms with Crippen LogP contribution in [0.3, 0.4) is 0 Å². The van der Waals surface area contributed by atoms with E-state index in [1.807, 2.05) is 36.4 Å². The fourth-order valence-electron chi connectivity index (χ4n) is 4.72. The molecule has 3 N–H and O–H groups in total. The first-order valence-electron chi connectivity index (χ1n) is 8.71. The molecular weight excluding hydrogens is 320 g/mol. The molecule has 0 amide bonds. The highest BCUT2D eigenvalue weighted by Gasteiger charge is 2.59. The van der Waals surface area contributed by atoms with Gasteiger partial charge < -0.3 is 24.8 Å². The third kappa shape index (κ3) is 2.06. The van der Waals surface area contributed by atoms with Gasteiger partial charge in [-0.2, -0.15) is 0 Å². The topological polar surface area (TPSA) is 79.2 Å². The molecule has 130 valence electrons. The van der Waals surface area contributed by atoms with Crippen molar-refractivity contribution in [1.82, 2.24) is 0 Å². The highest BCUT2D eigenvalue weighted by molar-refractivity contribution is 5.94. The number of aliphatic hydroxyl groups excluding tert-OH is 3. The molecule has 1 heterocycles. The summed E-state index contributed by atoms with van der Waals surface area (Å²) in [5, 5.41) is 33.4. The van der Waals surface area contributed by atoms with Crippen molar-refractivity contribution < 1.29 is 24.8 Å². The van der Waals surface area contributed by atoms with Gasteiger partial charge in [0.05, 0.1) is 29.6 Å². The largest absolute Gasteiger partial charge is 0.451 e. The molecule has 1 saturated carbocycles. The fraction of sp³-hybridized carbons (Fsp3) is 0.400. The van der Waals surface area contributed by atoms with E-state index in [4.69, 9.17) is 9.47 Å². The molecule has 5 atom stereocenters. The minimum atomic E-state index is -1.10. The molecule has 2 aromatic rings. The van der Waals surface area contributed by atoms with Gasteiger partial charge >= 0.3 is 0 Å². The molecule has 1 fully saturated rings. The Hall–Kier alpha value is -2.08. The van der Waals surface area contributed by atoms with Crippen LogP contribution in [0, 0.1) is 11.8 Å². The van der Waals surface area contributed by atoms with E-state index >= 15 is 0 Å². The lowest BCUT2D eigenvalue weighted by atomic mass is 9.65. The number of hydrogen-bond acceptors (Lipinski definition) is 5. The zero-order valence-corrected chi connectivity index (χ0v) is 13.6. The van der Waals surface area contributed by atoms with Crippen molar-refractivity contribution in [3.63, 3.8) is 0 Å². The molecule has 1 spiro atoms. The molecule has 1 aliphatic heterocycles. The van der Waals surface area contributed by atoms with Crippen LogP contribution >= 0.6 is 0 Å². The summed E-state index contributed by atoms with van der Waals surface area (Å²) >= 11 is 0. The van der Waals surface area contributed by atoms with E-state index in [1.165, 1.54) is 0 Å². The monoisotopic (exact) mass is 340 g/mol. The van der Waals surface area contributed by atoms with Gasteiger partial charge in [0, 0.05) is 12.3 Å². The normalized spacial score (nSPS) is 35.1. The van der Waals surface area contributed by atoms with Crippen molar-refractivity contribution in [2.75, 3.05) is 0 Å². The van der Waals surface area contributed by atoms with Crippen LogP contribution in [0.25, 0.3) is 10.8 Å². The number of aliphatic hydroxyl groups is 3. The maximum Gasteiger partial charge on any atom is 0.257 e. The second-order valence-corrected chi connectivity index (χ2v) is 7.20. The summed E-state index contributed by atoms with van der Waals surface area (Å²) in [6.07, 6.45) is 1.61. The predicted octanol–water partition coefficient (Wildman–Crippen LogP) is 1.99. The van der Waals surface area contributed by atoms with Crippen LogP contribution in [-0.2, 0) is 0 Å². The highest BCUT2D eigenvalue weighted by atomic mass is 16.7. The number of hydrogen-bond donors (Lipinski definition) is 3. The van der Waals surface area contributed by atoms with Crippen LogP contribution in [0.2, 0.25) is 0 Å². The van der Waals surface area contributed by atoms with Crippen molar-refractivity contribution in [1.29, 1.82) is 0 Å². The molecule has 0 saturated heterocycles. The van der Waals surface area contributed by atoms with Crippen molar-refractivity contribution in [2.45, 2.75) is 36.9 Å². The Bertz CT molecular complexity index is 820. The molecule has 5 nitrogen and oxygen atoms in total. The number of ether oxygens (including phenoxy) is 2. The van der Waals surface area contributed by atoms with E-state index in [-0.39, 0.29) is 0 Å². The van der Waals surface area contributed by atoms with Gasteiger partial charge in [-0.05, 0) is 23.9 Å². The summed E-state index contributed by atoms with van der Waals surface area (Å²) in [5.41, 5.74) is 0. The quantitative estimate of drug-likeness (QED) is 0.639. The van der Waals surface area contributed by atoms with Gasteiger partial charge in [0.25, 0.3) is 5.79 Å². The van der Waals surface area contributed by atoms with Gasteiger partial charge in [-0.1, -0.05) is 36.4 Å². The highest BCUT2D eigenvalue weighted by Crippen LogP contribution is 2.52. The lowest BCUT2D eigenvalue weighted by Gasteiger charge is -2.53. The number of fused-ring (bicyclic) bond motifs is 2. The lowest BCUT2D eigenvalue weighted by Crippen LogP contribution is -2.64. The minimum absolute atomic E-state index is 0.441. The van der Waals surface area contributed by atoms with Gasteiger partial charge in [0.15, 0.2) is 0 Å². The summed E-state index contributed by atoms with van der Waals surface area (Å²) in [7, 11) is 0. The second kappa shape index (κ2) is 5.21. The molecule has 5 heteroatoms. The van der Waals surface area contributed by atoms with Gasteiger partial charge in [-0.15, -0.1) is 0 Å². The number of rotatable bonds is 0. The van der Waals surface area contributed by atoms with Gasteiger partial charge in [0.2, 0.25) is 0 Å². The maximum atomic E-state index is 10.6. The molecule has 25 heavy (non-hydrogen) atoms. The van der Waals surface area contributed by atoms with Gasteiger partial charge in [0.1, 0.15) is 11.5 Å². The standard InChI is InChI=1S/C20H20O5/c21-12-7-8-14(23)19-18(12)13(22)9-10-20(19)24-15-5-1-3-11-4-2-6-16(25-20)17(11)15/h1-8,12-14,18-19,21-23H,9-10H2/t12-,13-,14-,18+,19+/m1/s1. The smallest absolute Gasteiger partial charge is 0.257 e. The minimum Gasteiger partial charge on any atom is -0.451 e. The van der Waals surface area contributed by atoms with Gasteiger partial charge in [-0.3, -0.25) is 0 Å². The molecule has 0 radical (unpaired) electrons. The van der Waals surface area contributed by atoms with Crippen LogP contribution < -0.4 is 9.47 Å². The van der Waals surface area contributed by atoms with E-state index in [2.05, 4.69) is 0 Å². The molecule has 0 bridgehead atoms. The molecule has 2 aliphatic carbocycles. The Kier molecular flexibility index (Phi) is 3.17. The predicted molar refractivity (Wildman–Crippen MR) is 91.3 cm³/mol. The fourth-order valence-corrected chi connectivity index (χ4v) is 4.72. The summed E-state index contributed by atoms with van der Waals surface area (Å²) in [5.74, 6) is -0.757. The summed E-state index contributed by atoms with van der Waals surface area (Å²) in [4.78, 5) is 0. The van der Waals surface area contributed by atoms with Crippen LogP contribution in [-0.4, -0.2) is 39.4 Å². The first-order chi connectivity index (χ1) is 12.1. The van der Waals surface area contributed by atoms with E-state index in [0.29, 0.717) is 24.3 Å². The molecule has 0 aromatic heterocycles. The summed E-state index contributed by atoms with van der Waals surface area (Å²) in [6.45, 7) is 0. The third-order valence-corrected chi connectivity index (χ3v) is 5.82. The Morgan fingerprint density at radius 3 is 2.20 bits per heavy atom. The van der Waals surface area contributed by atoms with E-state index in [9.17, 15) is 15.3 Å². The molecule has 2 aromatic carbocycles. The van der Waals surface area contributed by atoms with Crippen LogP contribution in [0.4, 0.5) is 0 Å². The van der Waals surface area contributed by atoms with E-state index < -0.39 is 35.9 Å². The summed E-state index contributed by atoms with van der Waals surface area (Å²) < 4.78 is 12.7. The maximum absolute atomic E-state index is 10.6. The summed E-state index contributed by atoms with van der Waals surface area (Å²) in [6, 6.07) is 11.7. The van der Waals surface area contributed by atoms with Gasteiger partial charge in [-0.25, -0.2) is 0 Å². The zero-order chi connectivity index (χ0) is 17.2. The van der Waals surface area contributed by atoms with Crippen LogP contribution in [0.15, 0.2) is 48.6 Å². The van der Waals surface area contributed by atoms with Crippen molar-refractivity contribution in [2.24, 2.45) is 11.8 Å². The Balaban J connectivity index is 1.66. The average molecular weight is 340 g/mol. The van der Waals surface area contributed by atoms with Crippen molar-refractivity contribution in [3.05, 3.63) is 48.6 Å². The van der Waals surface area contributed by atoms with Crippen molar-refractivity contribution >= 4 is 10.8 Å². The lowest BCUT2D eigenvalue weighted by molar-refractivity contribution is -0.244. The van der Waals surface area contributed by atoms with Crippen molar-refractivity contribution in [3.8, 4) is 11.5 Å². The zero-order valence-electron chi connectivity index (χ0n) is 13.6. The first kappa shape index (κ1) is 15.2. The van der Waals surface area contributed by atoms with Crippen LogP contribution in [0.5, 0.6) is 11.5 Å². The first-order valence-corrected chi connectivity index (χ1v) is 8.71. The Morgan fingerprint density at radius 1 is 0.880 bits per heavy atom. The molecular formula is C20H20O5. The third-order valence-electron chi connectivity index (χ3n) is 5.82. The Labute approximate surface area is 145 Å². The Morgan fingerprint density at radius 2 is 1.52 bits per heavy atom.